The van der Waals surface area contributed by atoms with Gasteiger partial charge in [-0.05, 0) is 61.4 Å². The van der Waals surface area contributed by atoms with E-state index in [4.69, 9.17) is 0 Å². The number of nitrogens with one attached hydrogen (secondary N) is 4. The third-order valence-corrected chi connectivity index (χ3v) is 5.12. The lowest BCUT2D eigenvalue weighted by Crippen LogP contribution is -2.24. The molecule has 186 valence electrons. The Labute approximate surface area is 209 Å². The third kappa shape index (κ3) is 7.76. The Balaban J connectivity index is 1.59. The van der Waals surface area contributed by atoms with Gasteiger partial charge < -0.3 is 21.3 Å². The molecule has 3 aromatic rings. The van der Waals surface area contributed by atoms with E-state index in [1.807, 2.05) is 13.8 Å². The van der Waals surface area contributed by atoms with Crippen LogP contribution >= 0.6 is 0 Å². The van der Waals surface area contributed by atoms with Crippen molar-refractivity contribution in [3.8, 4) is 0 Å². The van der Waals surface area contributed by atoms with Crippen LogP contribution in [0, 0.1) is 0 Å². The monoisotopic (exact) mass is 487 g/mol. The summed E-state index contributed by atoms with van der Waals surface area (Å²) in [6.07, 6.45) is 0.523. The molecular formula is C27H29N5O4. The van der Waals surface area contributed by atoms with Gasteiger partial charge in [-0.3, -0.25) is 19.2 Å². The molecule has 4 N–H and O–H groups in total. The van der Waals surface area contributed by atoms with Crippen LogP contribution in [-0.2, 0) is 22.4 Å². The average molecular weight is 488 g/mol. The van der Waals surface area contributed by atoms with Crippen LogP contribution in [0.1, 0.15) is 46.0 Å². The summed E-state index contributed by atoms with van der Waals surface area (Å²) in [5.74, 6) is -1.06. The van der Waals surface area contributed by atoms with Crippen molar-refractivity contribution in [1.82, 2.24) is 15.6 Å². The molecule has 4 amide bonds. The predicted molar refractivity (Wildman–Crippen MR) is 138 cm³/mol. The number of benzene rings is 2. The van der Waals surface area contributed by atoms with Gasteiger partial charge in [0, 0.05) is 24.5 Å². The van der Waals surface area contributed by atoms with Gasteiger partial charge in [0.1, 0.15) is 11.4 Å². The van der Waals surface area contributed by atoms with Gasteiger partial charge in [-0.15, -0.1) is 0 Å². The Bertz CT molecular complexity index is 1130. The molecule has 0 unspecified atom stereocenters. The highest BCUT2D eigenvalue weighted by Crippen LogP contribution is 2.14. The number of pyridine rings is 1. The maximum atomic E-state index is 12.7. The van der Waals surface area contributed by atoms with E-state index in [-0.39, 0.29) is 36.0 Å². The Hall–Kier alpha value is -4.53. The minimum Gasteiger partial charge on any atom is -0.356 e. The predicted octanol–water partition coefficient (Wildman–Crippen LogP) is 2.94. The lowest BCUT2D eigenvalue weighted by atomic mass is 10.1. The van der Waals surface area contributed by atoms with E-state index in [1.54, 1.807) is 54.6 Å². The highest BCUT2D eigenvalue weighted by Gasteiger charge is 2.13. The maximum absolute atomic E-state index is 12.7. The Morgan fingerprint density at radius 2 is 1.00 bits per heavy atom. The molecular weight excluding hydrogens is 458 g/mol. The van der Waals surface area contributed by atoms with Crippen molar-refractivity contribution >= 4 is 35.0 Å². The van der Waals surface area contributed by atoms with E-state index in [2.05, 4.69) is 26.3 Å². The molecule has 9 nitrogen and oxygen atoms in total. The molecule has 1 aromatic heterocycles. The van der Waals surface area contributed by atoms with Crippen LogP contribution in [0.5, 0.6) is 0 Å². The number of anilines is 2. The van der Waals surface area contributed by atoms with Crippen molar-refractivity contribution in [1.29, 1.82) is 0 Å². The van der Waals surface area contributed by atoms with Crippen LogP contribution in [0.15, 0.2) is 66.7 Å². The number of carbonyl (C=O) groups excluding carboxylic acids is 4. The number of hydrogen-bond acceptors (Lipinski definition) is 5. The highest BCUT2D eigenvalue weighted by molar-refractivity contribution is 6.06. The van der Waals surface area contributed by atoms with Gasteiger partial charge in [-0.1, -0.05) is 30.3 Å². The molecule has 1 heterocycles. The molecule has 2 aromatic carbocycles. The number of nitrogens with zero attached hydrogens (tertiary/aromatic N) is 1. The third-order valence-electron chi connectivity index (χ3n) is 5.12. The molecule has 0 fully saturated rings. The lowest BCUT2D eigenvalue weighted by molar-refractivity contribution is -0.121. The van der Waals surface area contributed by atoms with Crippen LogP contribution < -0.4 is 21.3 Å². The van der Waals surface area contributed by atoms with Crippen molar-refractivity contribution in [3.63, 3.8) is 0 Å². The zero-order valence-corrected chi connectivity index (χ0v) is 20.3. The van der Waals surface area contributed by atoms with Gasteiger partial charge in [-0.2, -0.15) is 0 Å². The van der Waals surface area contributed by atoms with Crippen LogP contribution in [0.2, 0.25) is 0 Å². The minimum atomic E-state index is -0.462. The van der Waals surface area contributed by atoms with Crippen LogP contribution in [0.4, 0.5) is 11.4 Å². The SMILES string of the molecule is CCNC(=O)Cc1ccc(NC(=O)c2cccc(C(=O)Nc3ccc(CC(=O)NCC)cc3)n2)cc1. The molecule has 0 radical (unpaired) electrons. The fourth-order valence-corrected chi connectivity index (χ4v) is 3.38. The van der Waals surface area contributed by atoms with Crippen molar-refractivity contribution in [2.45, 2.75) is 26.7 Å². The molecule has 0 atom stereocenters. The number of amides is 4. The van der Waals surface area contributed by atoms with Gasteiger partial charge in [0.25, 0.3) is 11.8 Å². The molecule has 0 saturated carbocycles. The first-order chi connectivity index (χ1) is 17.4. The number of rotatable bonds is 10. The largest absolute Gasteiger partial charge is 0.356 e. The van der Waals surface area contributed by atoms with E-state index in [0.29, 0.717) is 24.5 Å². The molecule has 0 saturated heterocycles. The number of aromatic nitrogens is 1. The Kier molecular flexibility index (Phi) is 9.27. The van der Waals surface area contributed by atoms with E-state index in [1.165, 1.54) is 12.1 Å². The number of carbonyl (C=O) groups is 4. The van der Waals surface area contributed by atoms with Crippen LogP contribution in [-0.4, -0.2) is 41.7 Å². The van der Waals surface area contributed by atoms with Gasteiger partial charge >= 0.3 is 0 Å². The van der Waals surface area contributed by atoms with E-state index >= 15 is 0 Å². The Morgan fingerprint density at radius 1 is 0.611 bits per heavy atom. The summed E-state index contributed by atoms with van der Waals surface area (Å²) >= 11 is 0. The summed E-state index contributed by atoms with van der Waals surface area (Å²) < 4.78 is 0. The second kappa shape index (κ2) is 12.8. The second-order valence-electron chi connectivity index (χ2n) is 7.97. The van der Waals surface area contributed by atoms with Crippen molar-refractivity contribution < 1.29 is 19.2 Å². The van der Waals surface area contributed by atoms with E-state index < -0.39 is 11.8 Å². The summed E-state index contributed by atoms with van der Waals surface area (Å²) in [6, 6.07) is 18.5. The van der Waals surface area contributed by atoms with E-state index in [9.17, 15) is 19.2 Å². The second-order valence-corrected chi connectivity index (χ2v) is 7.97. The minimum absolute atomic E-state index is 0.0658. The van der Waals surface area contributed by atoms with Crippen molar-refractivity contribution in [2.75, 3.05) is 23.7 Å². The standard InChI is InChI=1S/C27H29N5O4/c1-3-28-24(33)16-18-8-12-20(13-9-18)30-26(35)22-6-5-7-23(32-22)27(36)31-21-14-10-19(11-15-21)17-25(34)29-4-2/h5-15H,3-4,16-17H2,1-2H3,(H,28,33)(H,29,34)(H,30,35)(H,31,36). The molecule has 9 heteroatoms. The molecule has 0 aliphatic rings. The lowest BCUT2D eigenvalue weighted by Gasteiger charge is -2.09. The smallest absolute Gasteiger partial charge is 0.274 e. The molecule has 0 bridgehead atoms. The summed E-state index contributed by atoms with van der Waals surface area (Å²) in [5.41, 5.74) is 2.92. The van der Waals surface area contributed by atoms with Gasteiger partial charge in [0.2, 0.25) is 11.8 Å². The van der Waals surface area contributed by atoms with E-state index in [0.717, 1.165) is 11.1 Å². The Morgan fingerprint density at radius 3 is 1.36 bits per heavy atom. The summed E-state index contributed by atoms with van der Waals surface area (Å²) in [7, 11) is 0. The zero-order valence-electron chi connectivity index (χ0n) is 20.3. The molecule has 3 rings (SSSR count). The summed E-state index contributed by atoms with van der Waals surface area (Å²) in [5, 5.41) is 11.0. The molecule has 36 heavy (non-hydrogen) atoms. The quantitative estimate of drug-likeness (QED) is 0.349. The topological polar surface area (TPSA) is 129 Å². The fraction of sp³-hybridized carbons (Fsp3) is 0.222. The molecule has 0 spiro atoms. The normalized spacial score (nSPS) is 10.3. The van der Waals surface area contributed by atoms with Gasteiger partial charge in [-0.25, -0.2) is 4.98 Å². The molecule has 0 aliphatic heterocycles. The van der Waals surface area contributed by atoms with Crippen LogP contribution in [0.3, 0.4) is 0 Å². The zero-order chi connectivity index (χ0) is 25.9. The maximum Gasteiger partial charge on any atom is 0.274 e. The molecule has 0 aliphatic carbocycles. The number of hydrogen-bond donors (Lipinski definition) is 4. The fourth-order valence-electron chi connectivity index (χ4n) is 3.38. The van der Waals surface area contributed by atoms with Gasteiger partial charge in [0.15, 0.2) is 0 Å². The van der Waals surface area contributed by atoms with Crippen LogP contribution in [0.25, 0.3) is 0 Å². The average Bonchev–Trinajstić information content (AvgIpc) is 2.87. The highest BCUT2D eigenvalue weighted by atomic mass is 16.2. The summed E-state index contributed by atoms with van der Waals surface area (Å²) in [6.45, 7) is 4.86. The first-order valence-corrected chi connectivity index (χ1v) is 11.7. The summed E-state index contributed by atoms with van der Waals surface area (Å²) in [4.78, 5) is 52.9. The first-order valence-electron chi connectivity index (χ1n) is 11.7. The first kappa shape index (κ1) is 26.1. The van der Waals surface area contributed by atoms with Gasteiger partial charge in [0.05, 0.1) is 12.8 Å². The van der Waals surface area contributed by atoms with Crippen molar-refractivity contribution in [3.05, 3.63) is 89.2 Å². The van der Waals surface area contributed by atoms with Crippen molar-refractivity contribution in [2.24, 2.45) is 0 Å². The number of likely N-dealkylation sites (N-methyl/N-ethyl adjacent to an activating group) is 2.